The second-order valence-corrected chi connectivity index (χ2v) is 18.9. The van der Waals surface area contributed by atoms with Crippen LogP contribution in [0.5, 0.6) is 17.2 Å². The van der Waals surface area contributed by atoms with E-state index in [-0.39, 0.29) is 77.2 Å². The third-order valence-electron chi connectivity index (χ3n) is 11.8. The summed E-state index contributed by atoms with van der Waals surface area (Å²) in [5.41, 5.74) is 19.3. The van der Waals surface area contributed by atoms with Crippen LogP contribution in [0.4, 0.5) is 5.82 Å². The Bertz CT molecular complexity index is 2740. The number of rotatable bonds is 19. The highest BCUT2D eigenvalue weighted by Gasteiger charge is 2.38. The standard InChI is InChI=1S/C46H59N11O13S/c1-22-37(40(49)56-41(52-22)27-9-6-25(7-10-27)12-24-4-5-24)43(62)55-34(19-51-71(50,67)68)45(64)57(3)38-28-15-32(39(60)36(16-28)70-21-30(59)18-48)31-13-26(8-11-35(31)69-20-29(58)17-47)14-33(46(65)66)54-42(61)23(2)53-44(38)63/h6-11,13,15-16,23-24,29-30,33-34,38,51,58-60H,4-5,12,14,17-21,47-48H2,1-3H3,(H,53,63)(H,54,61)(H,55,62)(H,65,66)(H2,49,52,56)(H2,50,67,68)/t23-,29+,30+,33-,34-,38-/m0/s1. The fourth-order valence-electron chi connectivity index (χ4n) is 7.75. The third kappa shape index (κ3) is 13.7. The maximum Gasteiger partial charge on any atom is 0.326 e. The second-order valence-electron chi connectivity index (χ2n) is 17.5. The number of nitrogen functional groups attached to an aromatic ring is 1. The molecule has 6 atom stereocenters. The normalized spacial score (nSPS) is 18.5. The Labute approximate surface area is 408 Å². The molecule has 1 aliphatic heterocycles. The van der Waals surface area contributed by atoms with Gasteiger partial charge in [0.05, 0.1) is 5.69 Å². The van der Waals surface area contributed by atoms with Crippen molar-refractivity contribution in [1.82, 2.24) is 35.5 Å². The highest BCUT2D eigenvalue weighted by atomic mass is 32.2. The lowest BCUT2D eigenvalue weighted by Crippen LogP contribution is -2.57. The average molecular weight is 1010 g/mol. The Morgan fingerprint density at radius 1 is 0.915 bits per heavy atom. The Balaban J connectivity index is 1.45. The maximum atomic E-state index is 14.9. The molecule has 6 rings (SSSR count). The largest absolute Gasteiger partial charge is 0.504 e. The number of carbonyl (C=O) groups is 5. The van der Waals surface area contributed by atoms with Crippen LogP contribution >= 0.6 is 0 Å². The number of ether oxygens (including phenoxy) is 2. The summed E-state index contributed by atoms with van der Waals surface area (Å²) >= 11 is 0. The van der Waals surface area contributed by atoms with Crippen LogP contribution in [0.15, 0.2) is 54.6 Å². The van der Waals surface area contributed by atoms with Crippen LogP contribution in [0.3, 0.4) is 0 Å². The molecule has 4 amide bonds. The number of hydrogen-bond acceptors (Lipinski definition) is 17. The van der Waals surface area contributed by atoms with Gasteiger partial charge in [0.15, 0.2) is 17.3 Å². The van der Waals surface area contributed by atoms with E-state index in [9.17, 15) is 52.8 Å². The van der Waals surface area contributed by atoms with E-state index in [2.05, 4.69) is 25.9 Å². The number of fused-ring (bicyclic) bond motifs is 5. The number of carbonyl (C=O) groups excluding carboxylic acids is 4. The van der Waals surface area contributed by atoms with Crippen molar-refractivity contribution in [3.8, 4) is 39.8 Å². The van der Waals surface area contributed by atoms with Gasteiger partial charge in [-0.25, -0.2) is 19.9 Å². The summed E-state index contributed by atoms with van der Waals surface area (Å²) in [4.78, 5) is 79.4. The van der Waals surface area contributed by atoms with E-state index in [1.165, 1.54) is 51.0 Å². The molecular weight excluding hydrogens is 947 g/mol. The van der Waals surface area contributed by atoms with Gasteiger partial charge in [0.2, 0.25) is 17.7 Å². The number of aliphatic hydroxyl groups is 2. The number of aryl methyl sites for hydroxylation is 1. The summed E-state index contributed by atoms with van der Waals surface area (Å²) < 4.78 is 38.3. The number of aromatic hydroxyl groups is 1. The van der Waals surface area contributed by atoms with Crippen molar-refractivity contribution in [2.24, 2.45) is 22.5 Å². The van der Waals surface area contributed by atoms with E-state index < -0.39 is 95.1 Å². The predicted molar refractivity (Wildman–Crippen MR) is 256 cm³/mol. The molecule has 1 fully saturated rings. The minimum atomic E-state index is -4.54. The molecule has 16 N–H and O–H groups in total. The number of amides is 4. The number of nitrogens with one attached hydrogen (secondary N) is 4. The zero-order valence-corrected chi connectivity index (χ0v) is 39.9. The molecule has 2 heterocycles. The zero-order chi connectivity index (χ0) is 51.9. The molecule has 1 aromatic heterocycles. The summed E-state index contributed by atoms with van der Waals surface area (Å²) in [5, 5.41) is 55.3. The topological polar surface area (TPSA) is 400 Å². The minimum absolute atomic E-state index is 0.00824. The van der Waals surface area contributed by atoms with Gasteiger partial charge >= 0.3 is 5.97 Å². The van der Waals surface area contributed by atoms with E-state index in [4.69, 9.17) is 31.8 Å². The van der Waals surface area contributed by atoms with Gasteiger partial charge in [-0.05, 0) is 80.0 Å². The number of carboxylic acids is 1. The fourth-order valence-corrected chi connectivity index (χ4v) is 8.14. The van der Waals surface area contributed by atoms with Gasteiger partial charge in [0, 0.05) is 49.8 Å². The van der Waals surface area contributed by atoms with Gasteiger partial charge in [0.25, 0.3) is 16.1 Å². The first-order valence-electron chi connectivity index (χ1n) is 22.5. The third-order valence-corrected chi connectivity index (χ3v) is 12.4. The van der Waals surface area contributed by atoms with E-state index in [0.717, 1.165) is 30.0 Å². The number of phenols is 1. The predicted octanol–water partition coefficient (Wildman–Crippen LogP) is -1.52. The number of likely N-dealkylation sites (N-methyl/N-ethyl adjacent to an activating group) is 1. The lowest BCUT2D eigenvalue weighted by Gasteiger charge is -2.33. The number of phenolic OH excluding ortho intramolecular Hbond substituents is 1. The van der Waals surface area contributed by atoms with Gasteiger partial charge < -0.3 is 68.0 Å². The van der Waals surface area contributed by atoms with E-state index >= 15 is 0 Å². The molecule has 3 aromatic carbocycles. The van der Waals surface area contributed by atoms with Crippen molar-refractivity contribution in [3.05, 3.63) is 82.5 Å². The van der Waals surface area contributed by atoms with Crippen LogP contribution < -0.4 is 52.5 Å². The van der Waals surface area contributed by atoms with E-state index in [1.54, 1.807) is 0 Å². The molecule has 1 aliphatic carbocycles. The molecule has 25 heteroatoms. The van der Waals surface area contributed by atoms with Crippen LogP contribution in [0, 0.1) is 12.8 Å². The Morgan fingerprint density at radius 2 is 1.56 bits per heavy atom. The Morgan fingerprint density at radius 3 is 2.15 bits per heavy atom. The first-order valence-corrected chi connectivity index (χ1v) is 24.1. The lowest BCUT2D eigenvalue weighted by molar-refractivity contribution is -0.143. The van der Waals surface area contributed by atoms with E-state index in [1.807, 2.05) is 29.0 Å². The van der Waals surface area contributed by atoms with Gasteiger partial charge in [0.1, 0.15) is 66.7 Å². The van der Waals surface area contributed by atoms with Crippen molar-refractivity contribution < 1.29 is 62.3 Å². The van der Waals surface area contributed by atoms with Crippen LogP contribution in [0.2, 0.25) is 0 Å². The number of aliphatic carboxylic acids is 1. The number of anilines is 1. The monoisotopic (exact) mass is 1010 g/mol. The molecule has 0 spiro atoms. The van der Waals surface area contributed by atoms with Crippen LogP contribution in [0.25, 0.3) is 22.5 Å². The number of nitrogens with two attached hydrogens (primary N) is 4. The molecule has 1 saturated carbocycles. The molecule has 4 aromatic rings. The first kappa shape index (κ1) is 53.4. The number of aromatic nitrogens is 2. The van der Waals surface area contributed by atoms with Crippen molar-refractivity contribution in [1.29, 1.82) is 0 Å². The number of carboxylic acid groups (broad SMARTS) is 1. The SMILES string of the molecule is Cc1nc(-c2ccc(CC3CC3)cc2)nc(N)c1C(=O)N[C@@H](CNS(N)(=O)=O)C(=O)N(C)[C@@H]1C(=O)N[C@@H](C)C(=O)N[C@H](C(=O)O)Cc2ccc(OC[C@H](O)CN)c(c2)-c2cc1cc(OC[C@H](O)CN)c2O. The molecule has 2 aliphatic rings. The second kappa shape index (κ2) is 22.8. The summed E-state index contributed by atoms with van der Waals surface area (Å²) in [5.74, 6) is -5.95. The highest BCUT2D eigenvalue weighted by molar-refractivity contribution is 7.87. The Kier molecular flexibility index (Phi) is 17.2. The molecule has 382 valence electrons. The smallest absolute Gasteiger partial charge is 0.326 e. The van der Waals surface area contributed by atoms with Crippen LogP contribution in [0.1, 0.15) is 58.5 Å². The van der Waals surface area contributed by atoms with Crippen molar-refractivity contribution >= 4 is 45.6 Å². The number of aliphatic hydroxyl groups excluding tert-OH is 2. The molecular formula is C46H59N11O13S. The minimum Gasteiger partial charge on any atom is -0.504 e. The van der Waals surface area contributed by atoms with Crippen LogP contribution in [-0.2, 0) is 42.2 Å². The molecule has 0 saturated heterocycles. The van der Waals surface area contributed by atoms with E-state index in [0.29, 0.717) is 17.0 Å². The first-order chi connectivity index (χ1) is 33.6. The molecule has 4 bridgehead atoms. The quantitative estimate of drug-likeness (QED) is 0.0507. The lowest BCUT2D eigenvalue weighted by atomic mass is 9.93. The highest BCUT2D eigenvalue weighted by Crippen LogP contribution is 2.45. The van der Waals surface area contributed by atoms with Gasteiger partial charge in [-0.2, -0.15) is 13.1 Å². The maximum absolute atomic E-state index is 14.9. The number of nitrogens with zero attached hydrogens (tertiary/aromatic N) is 3. The average Bonchev–Trinajstić information content (AvgIpc) is 4.14. The van der Waals surface area contributed by atoms with Gasteiger partial charge in [-0.3, -0.25) is 19.2 Å². The molecule has 24 nitrogen and oxygen atoms in total. The number of hydrogen-bond donors (Lipinski definition) is 12. The zero-order valence-electron chi connectivity index (χ0n) is 39.1. The summed E-state index contributed by atoms with van der Waals surface area (Å²) in [6.07, 6.45) is 0.614. The summed E-state index contributed by atoms with van der Waals surface area (Å²) in [6, 6.07) is 7.63. The van der Waals surface area contributed by atoms with Crippen molar-refractivity contribution in [3.63, 3.8) is 0 Å². The number of benzene rings is 3. The fraction of sp³-hybridized carbons (Fsp3) is 0.413. The van der Waals surface area contributed by atoms with Crippen molar-refractivity contribution in [2.75, 3.05) is 45.6 Å². The Hall–Kier alpha value is -7.00. The summed E-state index contributed by atoms with van der Waals surface area (Å²) in [6.45, 7) is 0.566. The molecule has 0 unspecified atom stereocenters. The summed E-state index contributed by atoms with van der Waals surface area (Å²) in [7, 11) is -3.41. The van der Waals surface area contributed by atoms with Crippen molar-refractivity contribution in [2.45, 2.75) is 75.9 Å². The molecule has 0 radical (unpaired) electrons. The van der Waals surface area contributed by atoms with Crippen LogP contribution in [-0.4, -0.2) is 144 Å². The molecule has 71 heavy (non-hydrogen) atoms. The van der Waals surface area contributed by atoms with Gasteiger partial charge in [-0.1, -0.05) is 30.3 Å². The van der Waals surface area contributed by atoms with Gasteiger partial charge in [-0.15, -0.1) is 0 Å².